The first kappa shape index (κ1) is 38.0. The average Bonchev–Trinajstić information content (AvgIpc) is 3.36. The molecule has 0 bridgehead atoms. The minimum atomic E-state index is 0.453. The standard InChI is InChI=1S/C59H43N3/c60-58(47-28-14-5-15-29-47)57(46-26-12-4-13-27-46)59-52-39-38-50(40-48(52)41-55(61-59)45-24-10-3-11-25-45)62(49-36-34-43(35-37-49)42-20-6-1-7-21-42)56-33-19-18-32-54(56)53-31-17-16-30-51(53)44-22-8-2-9-23-44/h1-41,60-61H/b59-57-,60-58?. The van der Waals surface area contributed by atoms with Crippen LogP contribution in [0.25, 0.3) is 56.4 Å². The quantitative estimate of drug-likeness (QED) is 0.135. The highest BCUT2D eigenvalue weighted by molar-refractivity contribution is 6.36. The van der Waals surface area contributed by atoms with Gasteiger partial charge in [0.05, 0.1) is 17.1 Å². The van der Waals surface area contributed by atoms with Gasteiger partial charge in [0.2, 0.25) is 0 Å². The number of fused-ring (bicyclic) bond motifs is 1. The van der Waals surface area contributed by atoms with Crippen LogP contribution < -0.4 is 10.2 Å². The van der Waals surface area contributed by atoms with Crippen LogP contribution in [0.3, 0.4) is 0 Å². The minimum Gasteiger partial charge on any atom is -0.354 e. The van der Waals surface area contributed by atoms with Gasteiger partial charge in [-0.1, -0.05) is 212 Å². The number of allylic oxidation sites excluding steroid dienone is 1. The van der Waals surface area contributed by atoms with Crippen molar-refractivity contribution in [3.05, 3.63) is 270 Å². The SMILES string of the molecule is N=C(/C(=C1\NC(c2ccccc2)=Cc2cc(N(c3ccc(-c4ccccc4)cc3)c3ccccc3-c3ccccc3-c3ccccc3)ccc21)c1ccccc1)c1ccccc1. The van der Waals surface area contributed by atoms with Crippen LogP contribution in [0.2, 0.25) is 0 Å². The van der Waals surface area contributed by atoms with Crippen molar-refractivity contribution in [2.24, 2.45) is 0 Å². The average molecular weight is 794 g/mol. The van der Waals surface area contributed by atoms with E-state index in [0.717, 1.165) is 78.5 Å². The van der Waals surface area contributed by atoms with Crippen molar-refractivity contribution in [1.29, 1.82) is 5.41 Å². The van der Waals surface area contributed by atoms with Crippen molar-refractivity contribution >= 4 is 45.8 Å². The maximum Gasteiger partial charge on any atom is 0.0711 e. The van der Waals surface area contributed by atoms with E-state index in [2.05, 4.69) is 204 Å². The zero-order valence-corrected chi connectivity index (χ0v) is 34.1. The Hall–Kier alpha value is -8.27. The molecule has 1 aliphatic rings. The van der Waals surface area contributed by atoms with E-state index >= 15 is 0 Å². The summed E-state index contributed by atoms with van der Waals surface area (Å²) in [6, 6.07) is 85.1. The third-order valence-corrected chi connectivity index (χ3v) is 11.5. The monoisotopic (exact) mass is 793 g/mol. The molecule has 0 spiro atoms. The molecule has 0 saturated heterocycles. The molecule has 9 aromatic rings. The van der Waals surface area contributed by atoms with Crippen LogP contribution in [0.4, 0.5) is 17.1 Å². The molecular weight excluding hydrogens is 751 g/mol. The Kier molecular flexibility index (Phi) is 10.5. The number of nitrogens with zero attached hydrogens (tertiary/aromatic N) is 1. The van der Waals surface area contributed by atoms with Gasteiger partial charge in [0.1, 0.15) is 0 Å². The molecule has 0 atom stereocenters. The van der Waals surface area contributed by atoms with Gasteiger partial charge in [0.15, 0.2) is 0 Å². The number of hydrogen-bond acceptors (Lipinski definition) is 3. The molecule has 0 fully saturated rings. The van der Waals surface area contributed by atoms with Crippen LogP contribution in [0.5, 0.6) is 0 Å². The van der Waals surface area contributed by atoms with Gasteiger partial charge in [-0.15, -0.1) is 0 Å². The number of rotatable bonds is 10. The molecule has 0 aliphatic carbocycles. The molecule has 2 N–H and O–H groups in total. The van der Waals surface area contributed by atoms with Crippen molar-refractivity contribution in [1.82, 2.24) is 5.32 Å². The maximum absolute atomic E-state index is 9.75. The lowest BCUT2D eigenvalue weighted by molar-refractivity contribution is 1.21. The first-order chi connectivity index (χ1) is 30.7. The lowest BCUT2D eigenvalue weighted by Crippen LogP contribution is -2.21. The lowest BCUT2D eigenvalue weighted by Gasteiger charge is -2.31. The molecule has 3 nitrogen and oxygen atoms in total. The van der Waals surface area contributed by atoms with Gasteiger partial charge in [0, 0.05) is 39.3 Å². The summed E-state index contributed by atoms with van der Waals surface area (Å²) in [5, 5.41) is 13.6. The second kappa shape index (κ2) is 17.1. The Balaban J connectivity index is 1.20. The number of para-hydroxylation sites is 1. The smallest absolute Gasteiger partial charge is 0.0711 e. The zero-order chi connectivity index (χ0) is 41.7. The van der Waals surface area contributed by atoms with Crippen molar-refractivity contribution in [3.8, 4) is 33.4 Å². The highest BCUT2D eigenvalue weighted by atomic mass is 15.1. The molecule has 1 aliphatic heterocycles. The lowest BCUT2D eigenvalue weighted by atomic mass is 9.87. The molecule has 3 heteroatoms. The second-order valence-electron chi connectivity index (χ2n) is 15.4. The summed E-state index contributed by atoms with van der Waals surface area (Å²) in [6.45, 7) is 0. The topological polar surface area (TPSA) is 39.1 Å². The van der Waals surface area contributed by atoms with Gasteiger partial charge >= 0.3 is 0 Å². The predicted molar refractivity (Wildman–Crippen MR) is 261 cm³/mol. The van der Waals surface area contributed by atoms with Gasteiger partial charge in [-0.25, -0.2) is 0 Å². The normalized spacial score (nSPS) is 12.7. The molecule has 294 valence electrons. The van der Waals surface area contributed by atoms with Crippen LogP contribution in [0.1, 0.15) is 27.8 Å². The summed E-state index contributed by atoms with van der Waals surface area (Å²) in [7, 11) is 0. The van der Waals surface area contributed by atoms with E-state index in [1.165, 1.54) is 16.7 Å². The van der Waals surface area contributed by atoms with Gasteiger partial charge in [-0.2, -0.15) is 0 Å². The van der Waals surface area contributed by atoms with E-state index in [0.29, 0.717) is 5.71 Å². The summed E-state index contributed by atoms with van der Waals surface area (Å²) in [5.41, 5.74) is 18.2. The van der Waals surface area contributed by atoms with Crippen molar-refractivity contribution in [3.63, 3.8) is 0 Å². The van der Waals surface area contributed by atoms with Crippen LogP contribution in [-0.2, 0) is 0 Å². The highest BCUT2D eigenvalue weighted by Gasteiger charge is 2.26. The van der Waals surface area contributed by atoms with Crippen LogP contribution in [-0.4, -0.2) is 5.71 Å². The third-order valence-electron chi connectivity index (χ3n) is 11.5. The van der Waals surface area contributed by atoms with Gasteiger partial charge in [0.25, 0.3) is 0 Å². The van der Waals surface area contributed by atoms with Crippen LogP contribution in [0, 0.1) is 5.41 Å². The fourth-order valence-electron chi connectivity index (χ4n) is 8.51. The Bertz CT molecular complexity index is 3060. The molecule has 10 rings (SSSR count). The van der Waals surface area contributed by atoms with E-state index in [1.54, 1.807) is 0 Å². The fourth-order valence-corrected chi connectivity index (χ4v) is 8.51. The summed E-state index contributed by atoms with van der Waals surface area (Å²) in [5.74, 6) is 0. The Morgan fingerprint density at radius 3 is 1.50 bits per heavy atom. The Morgan fingerprint density at radius 1 is 0.371 bits per heavy atom. The van der Waals surface area contributed by atoms with Gasteiger partial charge in [-0.3, -0.25) is 5.41 Å². The largest absolute Gasteiger partial charge is 0.354 e. The predicted octanol–water partition coefficient (Wildman–Crippen LogP) is 15.2. The fraction of sp³-hybridized carbons (Fsp3) is 0. The summed E-state index contributed by atoms with van der Waals surface area (Å²) in [6.07, 6.45) is 2.25. The number of hydrogen-bond donors (Lipinski definition) is 2. The van der Waals surface area contributed by atoms with E-state index in [9.17, 15) is 5.41 Å². The van der Waals surface area contributed by atoms with Gasteiger partial charge < -0.3 is 10.2 Å². The van der Waals surface area contributed by atoms with Crippen molar-refractivity contribution < 1.29 is 0 Å². The molecule has 0 unspecified atom stereocenters. The zero-order valence-electron chi connectivity index (χ0n) is 34.1. The maximum atomic E-state index is 9.75. The Morgan fingerprint density at radius 2 is 0.855 bits per heavy atom. The van der Waals surface area contributed by atoms with E-state index < -0.39 is 0 Å². The number of benzene rings is 9. The molecule has 0 radical (unpaired) electrons. The summed E-state index contributed by atoms with van der Waals surface area (Å²) >= 11 is 0. The van der Waals surface area contributed by atoms with E-state index in [4.69, 9.17) is 0 Å². The van der Waals surface area contributed by atoms with E-state index in [1.807, 2.05) is 54.6 Å². The molecular formula is C59H43N3. The first-order valence-corrected chi connectivity index (χ1v) is 21.0. The van der Waals surface area contributed by atoms with Crippen LogP contribution in [0.15, 0.2) is 243 Å². The third kappa shape index (κ3) is 7.56. The molecule has 1 heterocycles. The van der Waals surface area contributed by atoms with E-state index in [-0.39, 0.29) is 0 Å². The van der Waals surface area contributed by atoms with Crippen LogP contribution >= 0.6 is 0 Å². The van der Waals surface area contributed by atoms with Gasteiger partial charge in [-0.05, 0) is 80.9 Å². The number of anilines is 3. The molecule has 0 saturated carbocycles. The first-order valence-electron chi connectivity index (χ1n) is 21.0. The number of nitrogens with one attached hydrogen (secondary N) is 2. The molecule has 0 amide bonds. The molecule has 9 aromatic carbocycles. The van der Waals surface area contributed by atoms with Crippen molar-refractivity contribution in [2.45, 2.75) is 0 Å². The molecule has 0 aromatic heterocycles. The van der Waals surface area contributed by atoms with Crippen molar-refractivity contribution in [2.75, 3.05) is 4.90 Å². The minimum absolute atomic E-state index is 0.453. The molecule has 62 heavy (non-hydrogen) atoms. The highest BCUT2D eigenvalue weighted by Crippen LogP contribution is 2.46. The summed E-state index contributed by atoms with van der Waals surface area (Å²) in [4.78, 5) is 2.39. The Labute approximate surface area is 363 Å². The second-order valence-corrected chi connectivity index (χ2v) is 15.4. The summed E-state index contributed by atoms with van der Waals surface area (Å²) < 4.78 is 0.